The van der Waals surface area contributed by atoms with Crippen LogP contribution in [0.5, 0.6) is 0 Å². The van der Waals surface area contributed by atoms with Gasteiger partial charge in [-0.15, -0.1) is 0 Å². The molecule has 0 amide bonds. The second-order valence-corrected chi connectivity index (χ2v) is 3.82. The summed E-state index contributed by atoms with van der Waals surface area (Å²) in [5, 5.41) is 0. The van der Waals surface area contributed by atoms with Crippen molar-refractivity contribution in [2.45, 2.75) is 19.8 Å². The lowest BCUT2D eigenvalue weighted by Crippen LogP contribution is -2.11. The fourth-order valence-electron chi connectivity index (χ4n) is 1.78. The maximum absolute atomic E-state index is 11.3. The standard InChI is InChI=1S/C12H12O3/c1-8-4-2-3-5-9(8)6-10-7-11(13)15-12(10)14/h2-5,10H,6-7H2,1H3. The predicted molar refractivity (Wildman–Crippen MR) is 54.1 cm³/mol. The molecule has 0 radical (unpaired) electrons. The zero-order chi connectivity index (χ0) is 10.8. The molecule has 0 aliphatic carbocycles. The largest absolute Gasteiger partial charge is 0.393 e. The molecular weight excluding hydrogens is 192 g/mol. The van der Waals surface area contributed by atoms with Crippen LogP contribution in [0.3, 0.4) is 0 Å². The first-order valence-corrected chi connectivity index (χ1v) is 4.96. The van der Waals surface area contributed by atoms with Crippen molar-refractivity contribution in [3.8, 4) is 0 Å². The Morgan fingerprint density at radius 1 is 1.33 bits per heavy atom. The van der Waals surface area contributed by atoms with Crippen LogP contribution in [0.25, 0.3) is 0 Å². The van der Waals surface area contributed by atoms with Crippen LogP contribution in [-0.4, -0.2) is 11.9 Å². The minimum absolute atomic E-state index is 0.215. The van der Waals surface area contributed by atoms with Crippen molar-refractivity contribution in [2.75, 3.05) is 0 Å². The first kappa shape index (κ1) is 9.90. The lowest BCUT2D eigenvalue weighted by atomic mass is 9.95. The van der Waals surface area contributed by atoms with Gasteiger partial charge in [0, 0.05) is 0 Å². The number of carbonyl (C=O) groups excluding carboxylic acids is 2. The van der Waals surface area contributed by atoms with Gasteiger partial charge in [-0.05, 0) is 24.5 Å². The molecule has 15 heavy (non-hydrogen) atoms. The third-order valence-electron chi connectivity index (χ3n) is 2.69. The molecular formula is C12H12O3. The fourth-order valence-corrected chi connectivity index (χ4v) is 1.78. The Balaban J connectivity index is 2.13. The van der Waals surface area contributed by atoms with Crippen molar-refractivity contribution in [3.05, 3.63) is 35.4 Å². The average molecular weight is 204 g/mol. The van der Waals surface area contributed by atoms with Crippen molar-refractivity contribution in [1.82, 2.24) is 0 Å². The molecule has 2 rings (SSSR count). The summed E-state index contributed by atoms with van der Waals surface area (Å²) < 4.78 is 4.51. The molecule has 0 aromatic heterocycles. The predicted octanol–water partition coefficient (Wildman–Crippen LogP) is 1.63. The number of hydrogen-bond acceptors (Lipinski definition) is 3. The van der Waals surface area contributed by atoms with Gasteiger partial charge in [-0.2, -0.15) is 0 Å². The number of aryl methyl sites for hydroxylation is 1. The van der Waals surface area contributed by atoms with Crippen LogP contribution in [0.15, 0.2) is 24.3 Å². The molecule has 1 atom stereocenters. The van der Waals surface area contributed by atoms with Gasteiger partial charge in [-0.1, -0.05) is 24.3 Å². The van der Waals surface area contributed by atoms with E-state index in [-0.39, 0.29) is 18.3 Å². The zero-order valence-corrected chi connectivity index (χ0v) is 8.53. The number of benzene rings is 1. The number of carbonyl (C=O) groups is 2. The number of cyclic esters (lactones) is 2. The molecule has 0 spiro atoms. The van der Waals surface area contributed by atoms with E-state index >= 15 is 0 Å². The highest BCUT2D eigenvalue weighted by molar-refractivity contribution is 5.94. The molecule has 0 bridgehead atoms. The van der Waals surface area contributed by atoms with E-state index in [2.05, 4.69) is 4.74 Å². The lowest BCUT2D eigenvalue weighted by Gasteiger charge is -2.07. The summed E-state index contributed by atoms with van der Waals surface area (Å²) in [5.74, 6) is -1.08. The minimum Gasteiger partial charge on any atom is -0.393 e. The van der Waals surface area contributed by atoms with Crippen LogP contribution in [0.1, 0.15) is 17.5 Å². The Bertz CT molecular complexity index is 409. The first-order chi connectivity index (χ1) is 7.16. The van der Waals surface area contributed by atoms with Crippen LogP contribution in [0.4, 0.5) is 0 Å². The maximum Gasteiger partial charge on any atom is 0.317 e. The van der Waals surface area contributed by atoms with E-state index in [0.717, 1.165) is 11.1 Å². The Morgan fingerprint density at radius 3 is 2.67 bits per heavy atom. The SMILES string of the molecule is Cc1ccccc1CC1CC(=O)OC1=O. The molecule has 1 aromatic rings. The molecule has 78 valence electrons. The summed E-state index contributed by atoms with van der Waals surface area (Å²) in [7, 11) is 0. The quantitative estimate of drug-likeness (QED) is 0.543. The Labute approximate surface area is 88.1 Å². The highest BCUT2D eigenvalue weighted by Crippen LogP contribution is 2.22. The molecule has 1 saturated heterocycles. The maximum atomic E-state index is 11.3. The van der Waals surface area contributed by atoms with Gasteiger partial charge < -0.3 is 4.74 Å². The van der Waals surface area contributed by atoms with E-state index in [0.29, 0.717) is 6.42 Å². The second-order valence-electron chi connectivity index (χ2n) is 3.82. The Hall–Kier alpha value is -1.64. The smallest absolute Gasteiger partial charge is 0.317 e. The third kappa shape index (κ3) is 2.06. The fraction of sp³-hybridized carbons (Fsp3) is 0.333. The van der Waals surface area contributed by atoms with Gasteiger partial charge in [0.25, 0.3) is 0 Å². The van der Waals surface area contributed by atoms with Crippen molar-refractivity contribution in [3.63, 3.8) is 0 Å². The van der Waals surface area contributed by atoms with Crippen molar-refractivity contribution in [2.24, 2.45) is 5.92 Å². The minimum atomic E-state index is -0.404. The molecule has 1 heterocycles. The van der Waals surface area contributed by atoms with Gasteiger partial charge in [0.05, 0.1) is 12.3 Å². The number of rotatable bonds is 2. The molecule has 3 heteroatoms. The van der Waals surface area contributed by atoms with Gasteiger partial charge in [-0.25, -0.2) is 0 Å². The van der Waals surface area contributed by atoms with E-state index in [9.17, 15) is 9.59 Å². The summed E-state index contributed by atoms with van der Waals surface area (Å²) in [5.41, 5.74) is 2.25. The number of hydrogen-bond donors (Lipinski definition) is 0. The zero-order valence-electron chi connectivity index (χ0n) is 8.53. The lowest BCUT2D eigenvalue weighted by molar-refractivity contribution is -0.153. The van der Waals surface area contributed by atoms with Crippen molar-refractivity contribution >= 4 is 11.9 Å². The van der Waals surface area contributed by atoms with E-state index < -0.39 is 5.97 Å². The number of ether oxygens (including phenoxy) is 1. The van der Waals surface area contributed by atoms with Gasteiger partial charge in [0.1, 0.15) is 0 Å². The third-order valence-corrected chi connectivity index (χ3v) is 2.69. The highest BCUT2D eigenvalue weighted by atomic mass is 16.6. The Kier molecular flexibility index (Phi) is 2.54. The molecule has 0 N–H and O–H groups in total. The molecule has 1 aliphatic rings. The van der Waals surface area contributed by atoms with Gasteiger partial charge in [0.15, 0.2) is 0 Å². The topological polar surface area (TPSA) is 43.4 Å². The van der Waals surface area contributed by atoms with Crippen LogP contribution >= 0.6 is 0 Å². The van der Waals surface area contributed by atoms with E-state index in [1.165, 1.54) is 0 Å². The van der Waals surface area contributed by atoms with Crippen LogP contribution in [0, 0.1) is 12.8 Å². The molecule has 1 unspecified atom stereocenters. The molecule has 3 nitrogen and oxygen atoms in total. The first-order valence-electron chi connectivity index (χ1n) is 4.96. The van der Waals surface area contributed by atoms with Crippen LogP contribution < -0.4 is 0 Å². The molecule has 1 fully saturated rings. The van der Waals surface area contributed by atoms with Gasteiger partial charge in [-0.3, -0.25) is 9.59 Å². The summed E-state index contributed by atoms with van der Waals surface area (Å²) in [6, 6.07) is 7.87. The Morgan fingerprint density at radius 2 is 2.07 bits per heavy atom. The van der Waals surface area contributed by atoms with Gasteiger partial charge >= 0.3 is 11.9 Å². The van der Waals surface area contributed by atoms with Crippen LogP contribution in [0.2, 0.25) is 0 Å². The second kappa shape index (κ2) is 3.85. The summed E-state index contributed by atoms with van der Waals surface area (Å²) in [6.45, 7) is 2.00. The van der Waals surface area contributed by atoms with Crippen LogP contribution in [-0.2, 0) is 20.7 Å². The normalized spacial score (nSPS) is 20.5. The van der Waals surface area contributed by atoms with E-state index in [1.807, 2.05) is 31.2 Å². The molecule has 1 aliphatic heterocycles. The van der Waals surface area contributed by atoms with E-state index in [1.54, 1.807) is 0 Å². The number of esters is 2. The summed E-state index contributed by atoms with van der Waals surface area (Å²) in [4.78, 5) is 22.2. The van der Waals surface area contributed by atoms with Crippen molar-refractivity contribution < 1.29 is 14.3 Å². The van der Waals surface area contributed by atoms with Gasteiger partial charge in [0.2, 0.25) is 0 Å². The molecule has 1 aromatic carbocycles. The molecule has 0 saturated carbocycles. The van der Waals surface area contributed by atoms with E-state index in [4.69, 9.17) is 0 Å². The summed E-state index contributed by atoms with van der Waals surface area (Å²) >= 11 is 0. The van der Waals surface area contributed by atoms with Crippen molar-refractivity contribution in [1.29, 1.82) is 0 Å². The average Bonchev–Trinajstić information content (AvgIpc) is 2.49. The monoisotopic (exact) mass is 204 g/mol. The summed E-state index contributed by atoms with van der Waals surface area (Å²) in [6.07, 6.45) is 0.810. The highest BCUT2D eigenvalue weighted by Gasteiger charge is 2.33.